The smallest absolute Gasteiger partial charge is 0.00919 e. The van der Waals surface area contributed by atoms with Crippen molar-refractivity contribution in [3.63, 3.8) is 0 Å². The lowest BCUT2D eigenvalue weighted by Crippen LogP contribution is -1.82. The molecule has 0 N–H and O–H groups in total. The average molecular weight is 216 g/mol. The molecule has 0 amide bonds. The minimum atomic E-state index is 1.08. The van der Waals surface area contributed by atoms with Gasteiger partial charge in [-0.1, -0.05) is 43.7 Å². The van der Waals surface area contributed by atoms with Crippen LogP contribution < -0.4 is 0 Å². The van der Waals surface area contributed by atoms with E-state index in [0.717, 1.165) is 6.42 Å². The van der Waals surface area contributed by atoms with Gasteiger partial charge in [0.2, 0.25) is 0 Å². The van der Waals surface area contributed by atoms with Crippen LogP contribution in [0.1, 0.15) is 28.7 Å². The number of hydrogen-bond donors (Lipinski definition) is 0. The van der Waals surface area contributed by atoms with Crippen molar-refractivity contribution in [2.24, 2.45) is 0 Å². The average Bonchev–Trinajstić information content (AvgIpc) is 2.68. The number of aryl methyl sites for hydroxylation is 1. The van der Waals surface area contributed by atoms with E-state index in [4.69, 9.17) is 0 Å². The van der Waals surface area contributed by atoms with E-state index < -0.39 is 0 Å². The summed E-state index contributed by atoms with van der Waals surface area (Å²) >= 11 is 1.95. The van der Waals surface area contributed by atoms with Gasteiger partial charge in [0, 0.05) is 16.2 Å². The summed E-state index contributed by atoms with van der Waals surface area (Å²) in [6.45, 7) is 2.23. The van der Waals surface area contributed by atoms with E-state index in [1.54, 1.807) is 0 Å². The Balaban J connectivity index is 2.05. The maximum atomic E-state index is 2.27. The van der Waals surface area contributed by atoms with Crippen LogP contribution in [0.4, 0.5) is 0 Å². The highest BCUT2D eigenvalue weighted by molar-refractivity contribution is 7.12. The molecule has 0 spiro atoms. The van der Waals surface area contributed by atoms with Gasteiger partial charge in [-0.3, -0.25) is 0 Å². The number of benzene rings is 1. The van der Waals surface area contributed by atoms with Crippen LogP contribution in [0.5, 0.6) is 0 Å². The van der Waals surface area contributed by atoms with Gasteiger partial charge < -0.3 is 0 Å². The van der Waals surface area contributed by atoms with Crippen molar-refractivity contribution in [2.45, 2.75) is 26.2 Å². The third-order valence-corrected chi connectivity index (χ3v) is 3.58. The Kier molecular flexibility index (Phi) is 3.57. The van der Waals surface area contributed by atoms with Crippen LogP contribution in [-0.4, -0.2) is 0 Å². The van der Waals surface area contributed by atoms with Gasteiger partial charge in [0.15, 0.2) is 0 Å². The summed E-state index contributed by atoms with van der Waals surface area (Å²) in [6.07, 6.45) is 3.54. The molecular weight excluding hydrogens is 200 g/mol. The molecule has 1 heterocycles. The third kappa shape index (κ3) is 2.93. The van der Waals surface area contributed by atoms with E-state index in [-0.39, 0.29) is 0 Å². The zero-order chi connectivity index (χ0) is 10.5. The van der Waals surface area contributed by atoms with Gasteiger partial charge in [-0.05, 0) is 24.1 Å². The summed E-state index contributed by atoms with van der Waals surface area (Å²) in [5.41, 5.74) is 1.40. The maximum absolute atomic E-state index is 2.27. The van der Waals surface area contributed by atoms with E-state index in [1.165, 1.54) is 28.2 Å². The predicted molar refractivity (Wildman–Crippen MR) is 67.6 cm³/mol. The quantitative estimate of drug-likeness (QED) is 0.715. The second-order valence-corrected chi connectivity index (χ2v) is 5.03. The minimum Gasteiger partial charge on any atom is -0.145 e. The maximum Gasteiger partial charge on any atom is 0.00919 e. The highest BCUT2D eigenvalue weighted by Crippen LogP contribution is 2.20. The fraction of sp³-hybridized carbons (Fsp3) is 0.286. The van der Waals surface area contributed by atoms with Gasteiger partial charge in [-0.25, -0.2) is 0 Å². The van der Waals surface area contributed by atoms with Crippen LogP contribution in [0.2, 0.25) is 0 Å². The molecule has 0 atom stereocenters. The van der Waals surface area contributed by atoms with Gasteiger partial charge in [0.25, 0.3) is 0 Å². The molecule has 1 heteroatoms. The standard InChI is InChI=1S/C14H16S/c1-2-6-13-9-10-14(15-13)11-12-7-4-3-5-8-12/h3-5,7-10H,2,6,11H2,1H3. The molecule has 0 aliphatic carbocycles. The molecule has 0 bridgehead atoms. The fourth-order valence-electron chi connectivity index (χ4n) is 1.70. The SMILES string of the molecule is CCCc1ccc(Cc2ccccc2)s1. The van der Waals surface area contributed by atoms with Crippen LogP contribution in [0.25, 0.3) is 0 Å². The fourth-order valence-corrected chi connectivity index (χ4v) is 2.85. The van der Waals surface area contributed by atoms with Crippen molar-refractivity contribution >= 4 is 11.3 Å². The third-order valence-electron chi connectivity index (χ3n) is 2.43. The molecule has 2 rings (SSSR count). The Bertz CT molecular complexity index is 400. The molecule has 1 aromatic carbocycles. The minimum absolute atomic E-state index is 1.08. The van der Waals surface area contributed by atoms with Crippen molar-refractivity contribution in [1.82, 2.24) is 0 Å². The molecule has 0 aliphatic rings. The lowest BCUT2D eigenvalue weighted by molar-refractivity contribution is 0.940. The van der Waals surface area contributed by atoms with Gasteiger partial charge >= 0.3 is 0 Å². The van der Waals surface area contributed by atoms with E-state index in [1.807, 2.05) is 11.3 Å². The second-order valence-electron chi connectivity index (χ2n) is 3.78. The Labute approximate surface area is 95.6 Å². The Hall–Kier alpha value is -1.08. The largest absolute Gasteiger partial charge is 0.145 e. The van der Waals surface area contributed by atoms with Gasteiger partial charge in [0.1, 0.15) is 0 Å². The monoisotopic (exact) mass is 216 g/mol. The molecule has 0 saturated carbocycles. The first-order valence-corrected chi connectivity index (χ1v) is 6.31. The first-order valence-electron chi connectivity index (χ1n) is 5.50. The summed E-state index contributed by atoms with van der Waals surface area (Å²) < 4.78 is 0. The zero-order valence-corrected chi connectivity index (χ0v) is 9.89. The van der Waals surface area contributed by atoms with Crippen molar-refractivity contribution in [2.75, 3.05) is 0 Å². The molecule has 15 heavy (non-hydrogen) atoms. The number of thiophene rings is 1. The Morgan fingerprint density at radius 1 is 0.933 bits per heavy atom. The van der Waals surface area contributed by atoms with E-state index in [0.29, 0.717) is 0 Å². The number of rotatable bonds is 4. The second kappa shape index (κ2) is 5.13. The van der Waals surface area contributed by atoms with Crippen LogP contribution in [-0.2, 0) is 12.8 Å². The van der Waals surface area contributed by atoms with Gasteiger partial charge in [-0.2, -0.15) is 0 Å². The Morgan fingerprint density at radius 2 is 1.67 bits per heavy atom. The summed E-state index contributed by atoms with van der Waals surface area (Å²) in [5, 5.41) is 0. The first-order chi connectivity index (χ1) is 7.38. The van der Waals surface area contributed by atoms with Gasteiger partial charge in [-0.15, -0.1) is 11.3 Å². The molecular formula is C14H16S. The Morgan fingerprint density at radius 3 is 2.40 bits per heavy atom. The van der Waals surface area contributed by atoms with Crippen LogP contribution in [0.3, 0.4) is 0 Å². The molecule has 0 aliphatic heterocycles. The van der Waals surface area contributed by atoms with Crippen molar-refractivity contribution in [3.05, 3.63) is 57.8 Å². The van der Waals surface area contributed by atoms with Crippen LogP contribution >= 0.6 is 11.3 Å². The van der Waals surface area contributed by atoms with Crippen molar-refractivity contribution < 1.29 is 0 Å². The summed E-state index contributed by atoms with van der Waals surface area (Å²) in [5.74, 6) is 0. The van der Waals surface area contributed by atoms with Crippen LogP contribution in [0, 0.1) is 0 Å². The van der Waals surface area contributed by atoms with E-state index in [2.05, 4.69) is 49.4 Å². The highest BCUT2D eigenvalue weighted by Gasteiger charge is 2.00. The van der Waals surface area contributed by atoms with E-state index in [9.17, 15) is 0 Å². The molecule has 0 fully saturated rings. The molecule has 0 unspecified atom stereocenters. The first kappa shape index (κ1) is 10.4. The highest BCUT2D eigenvalue weighted by atomic mass is 32.1. The topological polar surface area (TPSA) is 0 Å². The van der Waals surface area contributed by atoms with Crippen molar-refractivity contribution in [3.8, 4) is 0 Å². The van der Waals surface area contributed by atoms with E-state index >= 15 is 0 Å². The lowest BCUT2D eigenvalue weighted by Gasteiger charge is -1.97. The molecule has 0 nitrogen and oxygen atoms in total. The molecule has 0 radical (unpaired) electrons. The molecule has 1 aromatic heterocycles. The molecule has 0 saturated heterocycles. The zero-order valence-electron chi connectivity index (χ0n) is 9.07. The normalized spacial score (nSPS) is 10.5. The number of hydrogen-bond acceptors (Lipinski definition) is 1. The van der Waals surface area contributed by atoms with Crippen molar-refractivity contribution in [1.29, 1.82) is 0 Å². The molecule has 78 valence electrons. The summed E-state index contributed by atoms with van der Waals surface area (Å²) in [4.78, 5) is 2.99. The molecule has 2 aromatic rings. The predicted octanol–water partition coefficient (Wildman–Crippen LogP) is 4.29. The lowest BCUT2D eigenvalue weighted by atomic mass is 10.1. The summed E-state index contributed by atoms with van der Waals surface area (Å²) in [7, 11) is 0. The van der Waals surface area contributed by atoms with Gasteiger partial charge in [0.05, 0.1) is 0 Å². The van der Waals surface area contributed by atoms with Crippen LogP contribution in [0.15, 0.2) is 42.5 Å². The summed E-state index contributed by atoms with van der Waals surface area (Å²) in [6, 6.07) is 15.2.